The average Bonchev–Trinajstić information content (AvgIpc) is 3.79. The predicted octanol–water partition coefficient (Wildman–Crippen LogP) is 4.11. The van der Waals surface area contributed by atoms with Gasteiger partial charge in [-0.25, -0.2) is 4.79 Å². The number of allylic oxidation sites excluding steroid dienone is 4. The van der Waals surface area contributed by atoms with Crippen LogP contribution in [0.5, 0.6) is 0 Å². The Hall–Kier alpha value is -3.76. The first-order chi connectivity index (χ1) is 20.7. The summed E-state index contributed by atoms with van der Waals surface area (Å²) in [6.07, 6.45) is 3.68. The van der Waals surface area contributed by atoms with Crippen LogP contribution >= 0.6 is 11.6 Å². The van der Waals surface area contributed by atoms with E-state index in [4.69, 9.17) is 27.0 Å². The van der Waals surface area contributed by atoms with Crippen molar-refractivity contribution >= 4 is 41.3 Å². The zero-order valence-corrected chi connectivity index (χ0v) is 27.0. The number of anilines is 1. The van der Waals surface area contributed by atoms with Crippen LogP contribution in [-0.4, -0.2) is 71.8 Å². The summed E-state index contributed by atoms with van der Waals surface area (Å²) < 4.78 is 5.63. The fourth-order valence-corrected chi connectivity index (χ4v) is 4.36. The molecule has 0 radical (unpaired) electrons. The van der Waals surface area contributed by atoms with E-state index in [1.807, 2.05) is 26.8 Å². The maximum Gasteiger partial charge on any atom is 0.319 e. The van der Waals surface area contributed by atoms with E-state index in [9.17, 15) is 19.5 Å². The van der Waals surface area contributed by atoms with Crippen molar-refractivity contribution in [2.24, 2.45) is 5.92 Å². The van der Waals surface area contributed by atoms with Crippen LogP contribution in [0.2, 0.25) is 0 Å². The highest BCUT2D eigenvalue weighted by molar-refractivity contribution is 6.32. The van der Waals surface area contributed by atoms with Crippen LogP contribution in [0.15, 0.2) is 40.6 Å². The molecule has 2 unspecified atom stereocenters. The van der Waals surface area contributed by atoms with Crippen molar-refractivity contribution in [3.05, 3.63) is 51.7 Å². The van der Waals surface area contributed by atoms with Gasteiger partial charge in [-0.2, -0.15) is 5.26 Å². The first-order valence-electron chi connectivity index (χ1n) is 14.6. The van der Waals surface area contributed by atoms with E-state index in [0.29, 0.717) is 35.7 Å². The molecule has 0 aliphatic heterocycles. The minimum atomic E-state index is -1.57. The summed E-state index contributed by atoms with van der Waals surface area (Å²) in [6.45, 7) is 10.9. The Morgan fingerprint density at radius 1 is 1.32 bits per heavy atom. The van der Waals surface area contributed by atoms with Crippen LogP contribution in [0.25, 0.3) is 0 Å². The quantitative estimate of drug-likeness (QED) is 0.0689. The third-order valence-electron chi connectivity index (χ3n) is 6.69. The van der Waals surface area contributed by atoms with Gasteiger partial charge in [0.15, 0.2) is 12.0 Å². The van der Waals surface area contributed by atoms with Crippen molar-refractivity contribution in [1.82, 2.24) is 20.9 Å². The van der Waals surface area contributed by atoms with E-state index in [-0.39, 0.29) is 41.4 Å². The van der Waals surface area contributed by atoms with Crippen molar-refractivity contribution in [3.63, 3.8) is 0 Å². The van der Waals surface area contributed by atoms with Crippen LogP contribution in [0, 0.1) is 29.6 Å². The smallest absolute Gasteiger partial charge is 0.319 e. The molecule has 12 nitrogen and oxygen atoms in total. The summed E-state index contributed by atoms with van der Waals surface area (Å²) in [6, 6.07) is 6.11. The average molecular weight is 630 g/mol. The number of hydrogen-bond acceptors (Lipinski definition) is 8. The molecule has 4 amide bonds. The summed E-state index contributed by atoms with van der Waals surface area (Å²) in [5.41, 5.74) is 1.62. The molecule has 2 rings (SSSR count). The normalized spacial score (nSPS) is 15.8. The fraction of sp³-hybridized carbons (Fsp3) is 0.516. The van der Waals surface area contributed by atoms with E-state index in [0.717, 1.165) is 19.1 Å². The number of urea groups is 1. The van der Waals surface area contributed by atoms with Gasteiger partial charge >= 0.3 is 6.03 Å². The number of benzene rings is 1. The molecule has 0 spiro atoms. The van der Waals surface area contributed by atoms with Gasteiger partial charge in [0.2, 0.25) is 0 Å². The number of carbonyl (C=O) groups excluding carboxylic acids is 3. The molecule has 0 saturated heterocycles. The molecule has 1 aliphatic rings. The minimum absolute atomic E-state index is 0.0410. The Morgan fingerprint density at radius 2 is 2.00 bits per heavy atom. The van der Waals surface area contributed by atoms with Gasteiger partial charge in [0.25, 0.3) is 11.8 Å². The van der Waals surface area contributed by atoms with Gasteiger partial charge in [-0.05, 0) is 83.6 Å². The van der Waals surface area contributed by atoms with Gasteiger partial charge in [-0.1, -0.05) is 24.6 Å². The van der Waals surface area contributed by atoms with Gasteiger partial charge in [-0.15, -0.1) is 0 Å². The number of nitriles is 1. The lowest BCUT2D eigenvalue weighted by Crippen LogP contribution is -2.61. The molecule has 0 bridgehead atoms. The first kappa shape index (κ1) is 36.4. The van der Waals surface area contributed by atoms with Crippen LogP contribution in [0.4, 0.5) is 10.5 Å². The molecular weight excluding hydrogens is 586 g/mol. The van der Waals surface area contributed by atoms with Crippen LogP contribution < -0.4 is 21.3 Å². The summed E-state index contributed by atoms with van der Waals surface area (Å²) >= 11 is 6.05. The van der Waals surface area contributed by atoms with Gasteiger partial charge in [0.1, 0.15) is 0 Å². The highest BCUT2D eigenvalue weighted by Crippen LogP contribution is 2.32. The molecule has 1 aromatic carbocycles. The molecule has 1 aromatic rings. The molecule has 44 heavy (non-hydrogen) atoms. The highest BCUT2D eigenvalue weighted by atomic mass is 35.5. The maximum absolute atomic E-state index is 13.7. The molecule has 1 saturated carbocycles. The monoisotopic (exact) mass is 629 g/mol. The summed E-state index contributed by atoms with van der Waals surface area (Å²) in [5, 5.41) is 38.7. The lowest BCUT2D eigenvalue weighted by Gasteiger charge is -2.39. The number of ether oxygens (including phenoxy) is 1. The van der Waals surface area contributed by atoms with Gasteiger partial charge in [0, 0.05) is 42.2 Å². The predicted molar refractivity (Wildman–Crippen MR) is 170 cm³/mol. The number of halogens is 1. The Balaban J connectivity index is 2.15. The lowest BCUT2D eigenvalue weighted by molar-refractivity contribution is -0.131. The second kappa shape index (κ2) is 16.9. The second-order valence-electron chi connectivity index (χ2n) is 11.2. The number of aliphatic hydroxyl groups is 1. The van der Waals surface area contributed by atoms with E-state index >= 15 is 0 Å². The summed E-state index contributed by atoms with van der Waals surface area (Å²) in [4.78, 5) is 40.9. The van der Waals surface area contributed by atoms with Crippen molar-refractivity contribution in [1.29, 1.82) is 10.7 Å². The second-order valence-corrected chi connectivity index (χ2v) is 11.6. The molecule has 2 atom stereocenters. The number of aryl methyl sites for hydroxylation is 1. The minimum Gasteiger partial charge on any atom is -0.367 e. The van der Waals surface area contributed by atoms with Gasteiger partial charge < -0.3 is 31.2 Å². The largest absolute Gasteiger partial charge is 0.367 e. The standard InChI is InChI=1S/C31H44ClN7O5/c1-7-12-44-27(28(40)36-24(16-34)14-26(32)21(5)15-33)17-35-30(42)37-23-11-8-20(4)25(13-23)29(41)39(18-22-9-10-22)31(6,43)38-19(2)3/h8,11,13-14,16,19,22,27,34,38,43H,7,9-10,12,17-18H2,1-6H3,(H,36,40)(H2,35,37,42)/b24-14+,26-21-,34-16?. The topological polar surface area (TPSA) is 180 Å². The summed E-state index contributed by atoms with van der Waals surface area (Å²) in [5.74, 6) is -2.23. The molecule has 1 aliphatic carbocycles. The molecule has 0 aromatic heterocycles. The van der Waals surface area contributed by atoms with Crippen molar-refractivity contribution in [3.8, 4) is 6.07 Å². The van der Waals surface area contributed by atoms with Crippen molar-refractivity contribution in [2.75, 3.05) is 25.0 Å². The Kier molecular flexibility index (Phi) is 14.0. The van der Waals surface area contributed by atoms with E-state index in [1.54, 1.807) is 32.0 Å². The van der Waals surface area contributed by atoms with Crippen LogP contribution in [0.1, 0.15) is 69.8 Å². The van der Waals surface area contributed by atoms with E-state index in [1.165, 1.54) is 17.9 Å². The van der Waals surface area contributed by atoms with Gasteiger partial charge in [-0.3, -0.25) is 19.8 Å². The third-order valence-corrected chi connectivity index (χ3v) is 7.08. The third kappa shape index (κ3) is 11.4. The van der Waals surface area contributed by atoms with E-state index < -0.39 is 23.9 Å². The Bertz CT molecular complexity index is 1310. The lowest BCUT2D eigenvalue weighted by atomic mass is 10.1. The van der Waals surface area contributed by atoms with Crippen molar-refractivity contribution in [2.45, 2.75) is 78.8 Å². The Labute approximate surface area is 264 Å². The molecule has 0 heterocycles. The molecule has 6 N–H and O–H groups in total. The molecule has 13 heteroatoms. The van der Waals surface area contributed by atoms with E-state index in [2.05, 4.69) is 21.3 Å². The number of carbonyl (C=O) groups is 3. The molecule has 1 fully saturated rings. The maximum atomic E-state index is 13.7. The summed E-state index contributed by atoms with van der Waals surface area (Å²) in [7, 11) is 0. The van der Waals surface area contributed by atoms with Crippen molar-refractivity contribution < 1.29 is 24.2 Å². The molecular formula is C31H44ClN7O5. The molecule has 240 valence electrons. The van der Waals surface area contributed by atoms with Gasteiger partial charge in [0.05, 0.1) is 23.3 Å². The first-order valence-corrected chi connectivity index (χ1v) is 15.0. The number of nitrogens with zero attached hydrogens (tertiary/aromatic N) is 2. The highest BCUT2D eigenvalue weighted by Gasteiger charge is 2.38. The SMILES string of the molecule is CCCOC(CNC(=O)Nc1ccc(C)c(C(=O)N(CC2CC2)C(C)(O)NC(C)C)c1)C(=O)N/C(C=N)=C/C(Cl)=C(\C)C#N. The van der Waals surface area contributed by atoms with Crippen LogP contribution in [-0.2, 0) is 9.53 Å². The Morgan fingerprint density at radius 3 is 2.57 bits per heavy atom. The number of amides is 4. The number of hydrogen-bond donors (Lipinski definition) is 6. The van der Waals surface area contributed by atoms with Crippen LogP contribution in [0.3, 0.4) is 0 Å². The number of rotatable bonds is 16. The fourth-order valence-electron chi connectivity index (χ4n) is 4.20. The zero-order chi connectivity index (χ0) is 33.0. The zero-order valence-electron chi connectivity index (χ0n) is 26.2. The number of nitrogens with one attached hydrogen (secondary N) is 5.